The van der Waals surface area contributed by atoms with Crippen molar-refractivity contribution in [2.75, 3.05) is 0 Å². The molecule has 0 N–H and O–H groups in total. The van der Waals surface area contributed by atoms with E-state index >= 15 is 0 Å². The Morgan fingerprint density at radius 2 is 1.53 bits per heavy atom. The number of rotatable bonds is 3. The Labute approximate surface area is 123 Å². The summed E-state index contributed by atoms with van der Waals surface area (Å²) >= 11 is 17.8. The van der Waals surface area contributed by atoms with Crippen LogP contribution in [0.25, 0.3) is 11.1 Å². The Bertz CT molecular complexity index is 582. The third kappa shape index (κ3) is 3.72. The highest BCUT2D eigenvalue weighted by Gasteiger charge is 2.10. The van der Waals surface area contributed by atoms with Crippen LogP contribution in [-0.4, -0.2) is 6.61 Å². The van der Waals surface area contributed by atoms with Crippen LogP contribution in [0.2, 0.25) is 15.1 Å². The standard InChI is InChI=1S/C13H7Cl3F2O/c14-8-3-7(4-9(15)5-8)11-2-1-10(6-12(11)16)19-13(17)18/h1-6,13H. The SMILES string of the molecule is FC(F)Oc1ccc(-c2cc(Cl)cc(Cl)c2)c(Cl)c1. The number of alkyl halides is 2. The molecule has 0 bridgehead atoms. The molecule has 0 saturated heterocycles. The lowest BCUT2D eigenvalue weighted by Gasteiger charge is -2.09. The Kier molecular flexibility index (Phi) is 4.50. The average Bonchev–Trinajstić information content (AvgIpc) is 2.26. The molecule has 2 aromatic carbocycles. The molecule has 100 valence electrons. The number of hydrogen-bond donors (Lipinski definition) is 0. The van der Waals surface area contributed by atoms with Crippen LogP contribution in [0.4, 0.5) is 8.78 Å². The Hall–Kier alpha value is -1.03. The molecule has 0 aliphatic heterocycles. The van der Waals surface area contributed by atoms with E-state index < -0.39 is 6.61 Å². The summed E-state index contributed by atoms with van der Waals surface area (Å²) in [6, 6.07) is 9.25. The smallest absolute Gasteiger partial charge is 0.387 e. The highest BCUT2D eigenvalue weighted by atomic mass is 35.5. The molecule has 0 radical (unpaired) electrons. The van der Waals surface area contributed by atoms with Gasteiger partial charge in [-0.15, -0.1) is 0 Å². The summed E-state index contributed by atoms with van der Waals surface area (Å²) in [5.74, 6) is -0.00289. The van der Waals surface area contributed by atoms with Gasteiger partial charge in [-0.25, -0.2) is 0 Å². The molecule has 0 aromatic heterocycles. The number of ether oxygens (including phenoxy) is 1. The second-order valence-electron chi connectivity index (χ2n) is 3.68. The van der Waals surface area contributed by atoms with Gasteiger partial charge in [-0.3, -0.25) is 0 Å². The summed E-state index contributed by atoms with van der Waals surface area (Å²) in [5.41, 5.74) is 1.33. The Balaban J connectivity index is 2.40. The van der Waals surface area contributed by atoms with E-state index in [1.165, 1.54) is 12.1 Å². The van der Waals surface area contributed by atoms with Gasteiger partial charge >= 0.3 is 6.61 Å². The molecular weight excluding hydrogens is 316 g/mol. The maximum Gasteiger partial charge on any atom is 0.387 e. The Morgan fingerprint density at radius 3 is 2.05 bits per heavy atom. The van der Waals surface area contributed by atoms with Crippen LogP contribution in [0.15, 0.2) is 36.4 Å². The molecule has 1 nitrogen and oxygen atoms in total. The zero-order valence-electron chi connectivity index (χ0n) is 9.34. The molecule has 2 rings (SSSR count). The Morgan fingerprint density at radius 1 is 0.895 bits per heavy atom. The van der Waals surface area contributed by atoms with Crippen LogP contribution in [0.1, 0.15) is 0 Å². The predicted molar refractivity (Wildman–Crippen MR) is 73.5 cm³/mol. The lowest BCUT2D eigenvalue weighted by atomic mass is 10.1. The molecule has 0 aliphatic carbocycles. The first kappa shape index (κ1) is 14.4. The molecule has 0 amide bonds. The third-order valence-corrected chi connectivity index (χ3v) is 3.09. The highest BCUT2D eigenvalue weighted by molar-refractivity contribution is 6.36. The summed E-state index contributed by atoms with van der Waals surface area (Å²) < 4.78 is 28.4. The van der Waals surface area contributed by atoms with Gasteiger partial charge in [-0.2, -0.15) is 8.78 Å². The molecule has 6 heteroatoms. The van der Waals surface area contributed by atoms with E-state index in [9.17, 15) is 8.78 Å². The van der Waals surface area contributed by atoms with Gasteiger partial charge in [-0.1, -0.05) is 34.8 Å². The fourth-order valence-corrected chi connectivity index (χ4v) is 2.42. The van der Waals surface area contributed by atoms with E-state index in [2.05, 4.69) is 4.74 Å². The van der Waals surface area contributed by atoms with E-state index in [4.69, 9.17) is 34.8 Å². The molecular formula is C13H7Cl3F2O. The molecule has 0 atom stereocenters. The minimum Gasteiger partial charge on any atom is -0.435 e. The zero-order chi connectivity index (χ0) is 14.0. The molecule has 0 fully saturated rings. The highest BCUT2D eigenvalue weighted by Crippen LogP contribution is 2.34. The normalized spacial score (nSPS) is 10.8. The van der Waals surface area contributed by atoms with Gasteiger partial charge in [0.15, 0.2) is 0 Å². The minimum absolute atomic E-state index is 0.00289. The van der Waals surface area contributed by atoms with Crippen molar-refractivity contribution in [1.82, 2.24) is 0 Å². The average molecular weight is 324 g/mol. The van der Waals surface area contributed by atoms with Gasteiger partial charge in [0.1, 0.15) is 5.75 Å². The van der Waals surface area contributed by atoms with Crippen LogP contribution >= 0.6 is 34.8 Å². The van der Waals surface area contributed by atoms with E-state index in [1.807, 2.05) is 0 Å². The van der Waals surface area contributed by atoms with Crippen molar-refractivity contribution < 1.29 is 13.5 Å². The van der Waals surface area contributed by atoms with E-state index in [0.29, 0.717) is 21.2 Å². The zero-order valence-corrected chi connectivity index (χ0v) is 11.6. The molecule has 0 unspecified atom stereocenters. The molecule has 0 heterocycles. The maximum absolute atomic E-state index is 12.1. The maximum atomic E-state index is 12.1. The van der Waals surface area contributed by atoms with Crippen LogP contribution in [-0.2, 0) is 0 Å². The molecule has 0 saturated carbocycles. The molecule has 0 aliphatic rings. The first-order valence-electron chi connectivity index (χ1n) is 5.16. The second kappa shape index (κ2) is 5.95. The topological polar surface area (TPSA) is 9.23 Å². The molecule has 0 spiro atoms. The predicted octanol–water partition coefficient (Wildman–Crippen LogP) is 5.92. The van der Waals surface area contributed by atoms with Crippen molar-refractivity contribution >= 4 is 34.8 Å². The van der Waals surface area contributed by atoms with Crippen molar-refractivity contribution in [2.24, 2.45) is 0 Å². The minimum atomic E-state index is -2.89. The van der Waals surface area contributed by atoms with Gasteiger partial charge in [0.25, 0.3) is 0 Å². The van der Waals surface area contributed by atoms with Crippen LogP contribution in [0.5, 0.6) is 5.75 Å². The van der Waals surface area contributed by atoms with Crippen molar-refractivity contribution in [3.05, 3.63) is 51.5 Å². The summed E-state index contributed by atoms with van der Waals surface area (Å²) in [7, 11) is 0. The third-order valence-electron chi connectivity index (χ3n) is 2.34. The van der Waals surface area contributed by atoms with Crippen molar-refractivity contribution in [3.8, 4) is 16.9 Å². The fraction of sp³-hybridized carbons (Fsp3) is 0.0769. The quantitative estimate of drug-likeness (QED) is 0.681. The van der Waals surface area contributed by atoms with Crippen molar-refractivity contribution in [1.29, 1.82) is 0 Å². The summed E-state index contributed by atoms with van der Waals surface area (Å²) in [6.07, 6.45) is 0. The lowest BCUT2D eigenvalue weighted by molar-refractivity contribution is -0.0498. The van der Waals surface area contributed by atoms with Gasteiger partial charge in [0.2, 0.25) is 0 Å². The van der Waals surface area contributed by atoms with Gasteiger partial charge < -0.3 is 4.74 Å². The van der Waals surface area contributed by atoms with Crippen LogP contribution in [0.3, 0.4) is 0 Å². The number of hydrogen-bond acceptors (Lipinski definition) is 1. The van der Waals surface area contributed by atoms with E-state index in [-0.39, 0.29) is 10.8 Å². The van der Waals surface area contributed by atoms with Crippen molar-refractivity contribution in [2.45, 2.75) is 6.61 Å². The lowest BCUT2D eigenvalue weighted by Crippen LogP contribution is -2.01. The van der Waals surface area contributed by atoms with E-state index in [1.54, 1.807) is 24.3 Å². The summed E-state index contributed by atoms with van der Waals surface area (Å²) in [4.78, 5) is 0. The monoisotopic (exact) mass is 322 g/mol. The van der Waals surface area contributed by atoms with Gasteiger partial charge in [-0.05, 0) is 42.0 Å². The number of halogens is 5. The molecule has 2 aromatic rings. The first-order chi connectivity index (χ1) is 8.95. The summed E-state index contributed by atoms with van der Waals surface area (Å²) in [5, 5.41) is 1.20. The first-order valence-corrected chi connectivity index (χ1v) is 6.30. The van der Waals surface area contributed by atoms with Gasteiger partial charge in [0.05, 0.1) is 5.02 Å². The largest absolute Gasteiger partial charge is 0.435 e. The van der Waals surface area contributed by atoms with Crippen LogP contribution < -0.4 is 4.74 Å². The number of benzene rings is 2. The molecule has 19 heavy (non-hydrogen) atoms. The second-order valence-corrected chi connectivity index (χ2v) is 4.96. The van der Waals surface area contributed by atoms with Crippen LogP contribution in [0, 0.1) is 0 Å². The fourth-order valence-electron chi connectivity index (χ4n) is 1.62. The summed E-state index contributed by atoms with van der Waals surface area (Å²) in [6.45, 7) is -2.89. The van der Waals surface area contributed by atoms with Crippen molar-refractivity contribution in [3.63, 3.8) is 0 Å². The van der Waals surface area contributed by atoms with E-state index in [0.717, 1.165) is 0 Å². The van der Waals surface area contributed by atoms with Gasteiger partial charge in [0, 0.05) is 15.6 Å².